The number of aromatic nitrogens is 1. The van der Waals surface area contributed by atoms with E-state index >= 15 is 0 Å². The molecule has 0 saturated heterocycles. The number of ether oxygens (including phenoxy) is 1. The summed E-state index contributed by atoms with van der Waals surface area (Å²) in [5.41, 5.74) is 3.11. The molecule has 0 spiro atoms. The fourth-order valence-electron chi connectivity index (χ4n) is 2.37. The minimum absolute atomic E-state index is 0.320. The van der Waals surface area contributed by atoms with Gasteiger partial charge in [0.25, 0.3) is 0 Å². The molecule has 0 bridgehead atoms. The van der Waals surface area contributed by atoms with Gasteiger partial charge in [0.15, 0.2) is 0 Å². The fourth-order valence-corrected chi connectivity index (χ4v) is 2.57. The van der Waals surface area contributed by atoms with Crippen LogP contribution in [0.5, 0.6) is 0 Å². The summed E-state index contributed by atoms with van der Waals surface area (Å²) in [7, 11) is 1.77. The minimum atomic E-state index is -0.320. The van der Waals surface area contributed by atoms with Gasteiger partial charge in [-0.2, -0.15) is 0 Å². The average molecular weight is 267 g/mol. The Kier molecular flexibility index (Phi) is 2.84. The van der Waals surface area contributed by atoms with Crippen LogP contribution in [-0.4, -0.2) is 18.6 Å². The fraction of sp³-hybridized carbons (Fsp3) is 0.308. The van der Waals surface area contributed by atoms with Gasteiger partial charge in [-0.1, -0.05) is 11.6 Å². The highest BCUT2D eigenvalue weighted by molar-refractivity contribution is 6.35. The summed E-state index contributed by atoms with van der Waals surface area (Å²) in [6, 6.07) is 2.90. The normalized spacial score (nSPS) is 14.6. The molecule has 1 aromatic carbocycles. The van der Waals surface area contributed by atoms with Gasteiger partial charge in [-0.25, -0.2) is 4.39 Å². The molecular weight excluding hydrogens is 255 g/mol. The first-order chi connectivity index (χ1) is 8.72. The summed E-state index contributed by atoms with van der Waals surface area (Å²) in [6.07, 6.45) is 0.729. The number of hydrogen-bond acceptors (Lipinski definition) is 3. The molecular formula is C13H12ClFN2O. The van der Waals surface area contributed by atoms with E-state index in [2.05, 4.69) is 10.3 Å². The van der Waals surface area contributed by atoms with Gasteiger partial charge in [-0.3, -0.25) is 4.98 Å². The number of halogens is 2. The number of anilines is 1. The molecule has 0 unspecified atom stereocenters. The molecule has 0 aliphatic carbocycles. The van der Waals surface area contributed by atoms with Gasteiger partial charge in [0.05, 0.1) is 40.5 Å². The second kappa shape index (κ2) is 4.37. The molecule has 1 N–H and O–H groups in total. The third-order valence-corrected chi connectivity index (χ3v) is 3.51. The summed E-state index contributed by atoms with van der Waals surface area (Å²) in [5.74, 6) is -0.320. The number of nitrogens with zero attached hydrogens (tertiary/aromatic N) is 1. The van der Waals surface area contributed by atoms with Crippen LogP contribution in [0.2, 0.25) is 5.02 Å². The van der Waals surface area contributed by atoms with E-state index in [0.717, 1.165) is 23.4 Å². The van der Waals surface area contributed by atoms with Gasteiger partial charge in [0.1, 0.15) is 5.82 Å². The number of nitrogens with one attached hydrogen (secondary N) is 1. The standard InChI is InChI=1S/C13H12ClFN2O/c1-16-12-7-6-18-5-4-10(7)17-13-8(14)2-3-9(15)11(12)13/h2-3H,4-6H2,1H3,(H,16,17). The van der Waals surface area contributed by atoms with Crippen molar-refractivity contribution in [3.05, 3.63) is 34.2 Å². The van der Waals surface area contributed by atoms with Crippen molar-refractivity contribution >= 4 is 28.2 Å². The average Bonchev–Trinajstić information content (AvgIpc) is 2.41. The van der Waals surface area contributed by atoms with E-state index in [1.807, 2.05) is 0 Å². The molecule has 2 aromatic rings. The van der Waals surface area contributed by atoms with Gasteiger partial charge in [0.2, 0.25) is 0 Å². The number of pyridine rings is 1. The zero-order valence-corrected chi connectivity index (χ0v) is 10.6. The second-order valence-electron chi connectivity index (χ2n) is 4.22. The molecule has 2 heterocycles. The Morgan fingerprint density at radius 3 is 3.06 bits per heavy atom. The first-order valence-electron chi connectivity index (χ1n) is 5.77. The third-order valence-electron chi connectivity index (χ3n) is 3.20. The van der Waals surface area contributed by atoms with Gasteiger partial charge in [-0.15, -0.1) is 0 Å². The predicted octanol–water partition coefficient (Wildman–Crippen LogP) is 3.14. The Bertz CT molecular complexity index is 630. The van der Waals surface area contributed by atoms with Gasteiger partial charge >= 0.3 is 0 Å². The maximum Gasteiger partial charge on any atom is 0.134 e. The molecule has 0 saturated carbocycles. The maximum atomic E-state index is 14.0. The first-order valence-corrected chi connectivity index (χ1v) is 6.15. The lowest BCUT2D eigenvalue weighted by molar-refractivity contribution is 0.110. The Balaban J connectivity index is 2.44. The topological polar surface area (TPSA) is 34.2 Å². The van der Waals surface area contributed by atoms with Crippen molar-refractivity contribution in [2.24, 2.45) is 0 Å². The van der Waals surface area contributed by atoms with Crippen molar-refractivity contribution < 1.29 is 9.13 Å². The molecule has 3 nitrogen and oxygen atoms in total. The van der Waals surface area contributed by atoms with Crippen molar-refractivity contribution in [3.63, 3.8) is 0 Å². The van der Waals surface area contributed by atoms with E-state index in [-0.39, 0.29) is 5.82 Å². The van der Waals surface area contributed by atoms with Crippen LogP contribution in [0.4, 0.5) is 10.1 Å². The van der Waals surface area contributed by atoms with E-state index in [0.29, 0.717) is 29.1 Å². The van der Waals surface area contributed by atoms with E-state index in [4.69, 9.17) is 16.3 Å². The van der Waals surface area contributed by atoms with Crippen LogP contribution in [0.1, 0.15) is 11.3 Å². The van der Waals surface area contributed by atoms with E-state index in [1.165, 1.54) is 12.1 Å². The summed E-state index contributed by atoms with van der Waals surface area (Å²) in [5, 5.41) is 3.96. The molecule has 94 valence electrons. The molecule has 3 rings (SSSR count). The molecule has 0 fully saturated rings. The zero-order valence-electron chi connectivity index (χ0n) is 9.89. The third kappa shape index (κ3) is 1.64. The predicted molar refractivity (Wildman–Crippen MR) is 69.6 cm³/mol. The van der Waals surface area contributed by atoms with E-state index < -0.39 is 0 Å². The van der Waals surface area contributed by atoms with Crippen LogP contribution in [0.3, 0.4) is 0 Å². The zero-order chi connectivity index (χ0) is 12.7. The summed E-state index contributed by atoms with van der Waals surface area (Å²) < 4.78 is 19.4. The summed E-state index contributed by atoms with van der Waals surface area (Å²) >= 11 is 6.11. The largest absolute Gasteiger partial charge is 0.387 e. The second-order valence-corrected chi connectivity index (χ2v) is 4.62. The molecule has 1 aliphatic rings. The van der Waals surface area contributed by atoms with Crippen LogP contribution in [0.25, 0.3) is 10.9 Å². The number of hydrogen-bond donors (Lipinski definition) is 1. The number of fused-ring (bicyclic) bond motifs is 2. The molecule has 1 aliphatic heterocycles. The lowest BCUT2D eigenvalue weighted by Crippen LogP contribution is -2.15. The Morgan fingerprint density at radius 1 is 1.44 bits per heavy atom. The van der Waals surface area contributed by atoms with Crippen molar-refractivity contribution in [2.45, 2.75) is 13.0 Å². The highest BCUT2D eigenvalue weighted by Gasteiger charge is 2.21. The van der Waals surface area contributed by atoms with Crippen molar-refractivity contribution in [1.82, 2.24) is 4.98 Å². The molecule has 1 aromatic heterocycles. The quantitative estimate of drug-likeness (QED) is 0.861. The van der Waals surface area contributed by atoms with Crippen LogP contribution in [-0.2, 0) is 17.8 Å². The molecule has 0 amide bonds. The lowest BCUT2D eigenvalue weighted by atomic mass is 10.0. The van der Waals surface area contributed by atoms with Crippen LogP contribution in [0, 0.1) is 5.82 Å². The molecule has 0 radical (unpaired) electrons. The molecule has 18 heavy (non-hydrogen) atoms. The lowest BCUT2D eigenvalue weighted by Gasteiger charge is -2.21. The number of rotatable bonds is 1. The minimum Gasteiger partial charge on any atom is -0.387 e. The SMILES string of the molecule is CNc1c2c(nc3c(Cl)ccc(F)c13)CCOC2. The van der Waals surface area contributed by atoms with Crippen LogP contribution in [0.15, 0.2) is 12.1 Å². The monoisotopic (exact) mass is 266 g/mol. The Labute approximate surface area is 109 Å². The highest BCUT2D eigenvalue weighted by atomic mass is 35.5. The summed E-state index contributed by atoms with van der Waals surface area (Å²) in [4.78, 5) is 4.49. The van der Waals surface area contributed by atoms with Crippen LogP contribution >= 0.6 is 11.6 Å². The van der Waals surface area contributed by atoms with Crippen molar-refractivity contribution in [3.8, 4) is 0 Å². The van der Waals surface area contributed by atoms with Gasteiger partial charge < -0.3 is 10.1 Å². The first kappa shape index (κ1) is 11.7. The summed E-state index contributed by atoms with van der Waals surface area (Å²) in [6.45, 7) is 1.10. The van der Waals surface area contributed by atoms with Crippen LogP contribution < -0.4 is 5.32 Å². The molecule has 5 heteroatoms. The van der Waals surface area contributed by atoms with Crippen molar-refractivity contribution in [2.75, 3.05) is 19.0 Å². The van der Waals surface area contributed by atoms with E-state index in [1.54, 1.807) is 7.05 Å². The van der Waals surface area contributed by atoms with E-state index in [9.17, 15) is 4.39 Å². The van der Waals surface area contributed by atoms with Crippen molar-refractivity contribution in [1.29, 1.82) is 0 Å². The van der Waals surface area contributed by atoms with Gasteiger partial charge in [0, 0.05) is 19.0 Å². The Morgan fingerprint density at radius 2 is 2.28 bits per heavy atom. The maximum absolute atomic E-state index is 14.0. The number of benzene rings is 1. The smallest absolute Gasteiger partial charge is 0.134 e. The Hall–Kier alpha value is -1.39. The highest BCUT2D eigenvalue weighted by Crippen LogP contribution is 2.35. The van der Waals surface area contributed by atoms with Gasteiger partial charge in [-0.05, 0) is 12.1 Å². The molecule has 0 atom stereocenters.